The van der Waals surface area contributed by atoms with Crippen molar-refractivity contribution in [2.45, 2.75) is 20.4 Å². The van der Waals surface area contributed by atoms with E-state index in [2.05, 4.69) is 15.5 Å². The summed E-state index contributed by atoms with van der Waals surface area (Å²) in [7, 11) is 1.49. The van der Waals surface area contributed by atoms with Gasteiger partial charge in [-0.2, -0.15) is 5.10 Å². The van der Waals surface area contributed by atoms with Crippen LogP contribution in [-0.4, -0.2) is 28.8 Å². The van der Waals surface area contributed by atoms with Crippen LogP contribution in [0.1, 0.15) is 19.4 Å². The van der Waals surface area contributed by atoms with E-state index in [1.165, 1.54) is 18.6 Å². The number of hydrogen-bond donors (Lipinski definition) is 1. The summed E-state index contributed by atoms with van der Waals surface area (Å²) in [5.74, 6) is 0.664. The van der Waals surface area contributed by atoms with Gasteiger partial charge in [0.1, 0.15) is 0 Å². The monoisotopic (exact) mass is 380 g/mol. The molecule has 0 aliphatic carbocycles. The number of hydrogen-bond acceptors (Lipinski definition) is 7. The van der Waals surface area contributed by atoms with E-state index >= 15 is 0 Å². The lowest BCUT2D eigenvalue weighted by Gasteiger charge is -2.10. The molecule has 2 aromatic carbocycles. The number of fused-ring (bicyclic) bond motifs is 1. The third-order valence-corrected chi connectivity index (χ3v) is 4.00. The molecule has 0 amide bonds. The van der Waals surface area contributed by atoms with Crippen LogP contribution in [-0.2, 0) is 11.3 Å². The first-order valence-electron chi connectivity index (χ1n) is 8.68. The number of carbonyl (C=O) groups is 1. The van der Waals surface area contributed by atoms with Gasteiger partial charge >= 0.3 is 5.97 Å². The first-order valence-corrected chi connectivity index (χ1v) is 8.68. The minimum Gasteiger partial charge on any atom is -0.493 e. The third-order valence-electron chi connectivity index (χ3n) is 4.00. The summed E-state index contributed by atoms with van der Waals surface area (Å²) >= 11 is 0. The molecule has 0 bridgehead atoms. The van der Waals surface area contributed by atoms with E-state index in [1.54, 1.807) is 36.5 Å². The van der Waals surface area contributed by atoms with Gasteiger partial charge in [0.25, 0.3) is 5.56 Å². The Morgan fingerprint density at radius 1 is 1.25 bits per heavy atom. The molecule has 0 atom stereocenters. The van der Waals surface area contributed by atoms with Crippen molar-refractivity contribution in [2.24, 2.45) is 5.10 Å². The topological polar surface area (TPSA) is 94.8 Å². The maximum Gasteiger partial charge on any atom is 0.308 e. The van der Waals surface area contributed by atoms with E-state index in [-0.39, 0.29) is 5.56 Å². The van der Waals surface area contributed by atoms with Crippen molar-refractivity contribution in [3.8, 4) is 11.5 Å². The van der Waals surface area contributed by atoms with Crippen LogP contribution in [0, 0.1) is 0 Å². The highest BCUT2D eigenvalue weighted by Gasteiger charge is 2.09. The predicted octanol–water partition coefficient (Wildman–Crippen LogP) is 2.80. The molecular formula is C20H20N4O4. The fourth-order valence-electron chi connectivity index (χ4n) is 2.71. The Morgan fingerprint density at radius 2 is 2.04 bits per heavy atom. The Kier molecular flexibility index (Phi) is 5.69. The zero-order chi connectivity index (χ0) is 20.1. The number of para-hydroxylation sites is 1. The van der Waals surface area contributed by atoms with E-state index in [0.717, 1.165) is 0 Å². The zero-order valence-electron chi connectivity index (χ0n) is 15.8. The standard InChI is InChI=1S/C20H20N4O4/c1-4-24-19(26)15-7-5-6-8-16(15)22-20(24)23-21-12-14-9-10-17(28-13(2)25)18(11-14)27-3/h5-12H,4H2,1-3H3,(H,22,23)/b21-12-. The molecule has 0 saturated heterocycles. The molecule has 28 heavy (non-hydrogen) atoms. The van der Waals surface area contributed by atoms with Crippen LogP contribution in [0.3, 0.4) is 0 Å². The summed E-state index contributed by atoms with van der Waals surface area (Å²) in [5, 5.41) is 4.73. The Hall–Kier alpha value is -3.68. The first kappa shape index (κ1) is 19.1. The zero-order valence-corrected chi connectivity index (χ0v) is 15.8. The van der Waals surface area contributed by atoms with Crippen LogP contribution in [0.25, 0.3) is 10.9 Å². The van der Waals surface area contributed by atoms with Gasteiger partial charge in [-0.1, -0.05) is 12.1 Å². The normalized spacial score (nSPS) is 11.0. The highest BCUT2D eigenvalue weighted by atomic mass is 16.6. The van der Waals surface area contributed by atoms with Crippen molar-refractivity contribution < 1.29 is 14.3 Å². The van der Waals surface area contributed by atoms with Crippen molar-refractivity contribution in [2.75, 3.05) is 12.5 Å². The van der Waals surface area contributed by atoms with Gasteiger partial charge in [-0.3, -0.25) is 14.2 Å². The van der Waals surface area contributed by atoms with Crippen LogP contribution in [0.15, 0.2) is 52.4 Å². The molecule has 3 rings (SSSR count). The van der Waals surface area contributed by atoms with Crippen LogP contribution < -0.4 is 20.5 Å². The average molecular weight is 380 g/mol. The summed E-state index contributed by atoms with van der Waals surface area (Å²) in [6.07, 6.45) is 1.56. The molecule has 0 aliphatic rings. The van der Waals surface area contributed by atoms with Gasteiger partial charge in [-0.25, -0.2) is 10.4 Å². The second-order valence-electron chi connectivity index (χ2n) is 5.88. The third kappa shape index (κ3) is 4.01. The maximum atomic E-state index is 12.6. The number of hydrazone groups is 1. The Balaban J connectivity index is 1.87. The summed E-state index contributed by atoms with van der Waals surface area (Å²) in [4.78, 5) is 28.2. The van der Waals surface area contributed by atoms with Crippen molar-refractivity contribution in [1.29, 1.82) is 0 Å². The number of nitrogens with zero attached hydrogens (tertiary/aromatic N) is 3. The number of nitrogens with one attached hydrogen (secondary N) is 1. The van der Waals surface area contributed by atoms with E-state index in [9.17, 15) is 9.59 Å². The van der Waals surface area contributed by atoms with E-state index in [0.29, 0.717) is 40.5 Å². The molecule has 8 heteroatoms. The number of esters is 1. The van der Waals surface area contributed by atoms with Crippen molar-refractivity contribution >= 4 is 29.0 Å². The summed E-state index contributed by atoms with van der Waals surface area (Å²) in [6, 6.07) is 12.2. The number of methoxy groups -OCH3 is 1. The van der Waals surface area contributed by atoms with Crippen LogP contribution in [0.5, 0.6) is 11.5 Å². The van der Waals surface area contributed by atoms with Gasteiger partial charge in [0, 0.05) is 13.5 Å². The van der Waals surface area contributed by atoms with Crippen molar-refractivity contribution in [3.05, 3.63) is 58.4 Å². The van der Waals surface area contributed by atoms with Gasteiger partial charge in [0.2, 0.25) is 5.95 Å². The van der Waals surface area contributed by atoms with Gasteiger partial charge in [-0.05, 0) is 42.8 Å². The predicted molar refractivity (Wildman–Crippen MR) is 107 cm³/mol. The molecule has 0 saturated carbocycles. The highest BCUT2D eigenvalue weighted by molar-refractivity contribution is 5.82. The number of anilines is 1. The van der Waals surface area contributed by atoms with E-state index in [1.807, 2.05) is 19.1 Å². The molecule has 0 aliphatic heterocycles. The lowest BCUT2D eigenvalue weighted by molar-refractivity contribution is -0.132. The molecule has 144 valence electrons. The molecule has 0 fully saturated rings. The first-order chi connectivity index (χ1) is 13.5. The summed E-state index contributed by atoms with van der Waals surface area (Å²) in [5.41, 5.74) is 4.01. The lowest BCUT2D eigenvalue weighted by Crippen LogP contribution is -2.23. The number of rotatable bonds is 6. The fraction of sp³-hybridized carbons (Fsp3) is 0.200. The Labute approximate surface area is 161 Å². The fourth-order valence-corrected chi connectivity index (χ4v) is 2.71. The van der Waals surface area contributed by atoms with Gasteiger partial charge in [-0.15, -0.1) is 0 Å². The SMILES string of the molecule is CCn1c(N/N=C\c2ccc(OC(C)=O)c(OC)c2)nc2ccccc2c1=O. The Bertz CT molecular complexity index is 1110. The second-order valence-corrected chi connectivity index (χ2v) is 5.88. The van der Waals surface area contributed by atoms with Crippen LogP contribution >= 0.6 is 0 Å². The van der Waals surface area contributed by atoms with E-state index in [4.69, 9.17) is 9.47 Å². The molecule has 0 spiro atoms. The molecule has 1 aromatic heterocycles. The number of aromatic nitrogens is 2. The second kappa shape index (κ2) is 8.34. The van der Waals surface area contributed by atoms with E-state index < -0.39 is 5.97 Å². The smallest absolute Gasteiger partial charge is 0.308 e. The number of benzene rings is 2. The molecule has 0 unspecified atom stereocenters. The number of ether oxygens (including phenoxy) is 2. The molecular weight excluding hydrogens is 360 g/mol. The largest absolute Gasteiger partial charge is 0.493 e. The molecule has 1 heterocycles. The lowest BCUT2D eigenvalue weighted by atomic mass is 10.2. The maximum absolute atomic E-state index is 12.6. The Morgan fingerprint density at radius 3 is 2.75 bits per heavy atom. The van der Waals surface area contributed by atoms with Crippen LogP contribution in [0.4, 0.5) is 5.95 Å². The highest BCUT2D eigenvalue weighted by Crippen LogP contribution is 2.27. The minimum atomic E-state index is -0.429. The molecule has 1 N–H and O–H groups in total. The molecule has 3 aromatic rings. The van der Waals surface area contributed by atoms with Gasteiger partial charge in [0.05, 0.1) is 24.2 Å². The summed E-state index contributed by atoms with van der Waals surface area (Å²) < 4.78 is 11.8. The van der Waals surface area contributed by atoms with Crippen molar-refractivity contribution in [1.82, 2.24) is 9.55 Å². The van der Waals surface area contributed by atoms with Gasteiger partial charge < -0.3 is 9.47 Å². The van der Waals surface area contributed by atoms with Crippen LogP contribution in [0.2, 0.25) is 0 Å². The molecule has 8 nitrogen and oxygen atoms in total. The van der Waals surface area contributed by atoms with Crippen molar-refractivity contribution in [3.63, 3.8) is 0 Å². The molecule has 0 radical (unpaired) electrons. The number of carbonyl (C=O) groups excluding carboxylic acids is 1. The quantitative estimate of drug-likeness (QED) is 0.306. The summed E-state index contributed by atoms with van der Waals surface area (Å²) in [6.45, 7) is 3.65. The van der Waals surface area contributed by atoms with Gasteiger partial charge in [0.15, 0.2) is 11.5 Å². The minimum absolute atomic E-state index is 0.127. The average Bonchev–Trinajstić information content (AvgIpc) is 2.69.